The molecule has 0 bridgehead atoms. The van der Waals surface area contributed by atoms with Crippen molar-refractivity contribution in [3.63, 3.8) is 0 Å². The summed E-state index contributed by atoms with van der Waals surface area (Å²) in [6.07, 6.45) is 1.81. The minimum Gasteiger partial charge on any atom is -0.378 e. The van der Waals surface area contributed by atoms with E-state index >= 15 is 0 Å². The number of H-pyrrole nitrogens is 1. The predicted octanol–water partition coefficient (Wildman–Crippen LogP) is 3.61. The zero-order chi connectivity index (χ0) is 13.9. The molecule has 0 saturated heterocycles. The molecule has 4 heteroatoms. The average molecular weight is 262 g/mol. The second-order valence-corrected chi connectivity index (χ2v) is 4.77. The number of aromatic amines is 1. The van der Waals surface area contributed by atoms with Gasteiger partial charge in [-0.2, -0.15) is 10.4 Å². The van der Waals surface area contributed by atoms with Crippen molar-refractivity contribution in [2.45, 2.75) is 13.0 Å². The van der Waals surface area contributed by atoms with E-state index in [0.717, 1.165) is 22.2 Å². The number of fused-ring (bicyclic) bond motifs is 1. The van der Waals surface area contributed by atoms with Crippen LogP contribution in [0.4, 0.5) is 5.69 Å². The Balaban J connectivity index is 1.80. The van der Waals surface area contributed by atoms with Crippen LogP contribution in [-0.4, -0.2) is 10.2 Å². The predicted molar refractivity (Wildman–Crippen MR) is 79.3 cm³/mol. The average Bonchev–Trinajstić information content (AvgIpc) is 2.95. The Morgan fingerprint density at radius 3 is 2.75 bits per heavy atom. The van der Waals surface area contributed by atoms with Crippen molar-refractivity contribution < 1.29 is 0 Å². The van der Waals surface area contributed by atoms with Gasteiger partial charge < -0.3 is 5.32 Å². The molecule has 1 aromatic heterocycles. The van der Waals surface area contributed by atoms with Crippen LogP contribution in [0.15, 0.2) is 48.7 Å². The number of nitriles is 1. The highest BCUT2D eigenvalue weighted by atomic mass is 15.1. The van der Waals surface area contributed by atoms with Gasteiger partial charge in [0.25, 0.3) is 0 Å². The highest BCUT2D eigenvalue weighted by molar-refractivity contribution is 5.81. The van der Waals surface area contributed by atoms with Gasteiger partial charge >= 0.3 is 0 Å². The topological polar surface area (TPSA) is 64.5 Å². The monoisotopic (exact) mass is 262 g/mol. The van der Waals surface area contributed by atoms with Crippen LogP contribution < -0.4 is 5.32 Å². The van der Waals surface area contributed by atoms with E-state index in [-0.39, 0.29) is 6.04 Å². The molecule has 0 aliphatic carbocycles. The molecule has 2 aromatic carbocycles. The molecule has 0 radical (unpaired) electrons. The van der Waals surface area contributed by atoms with Gasteiger partial charge in [0.15, 0.2) is 0 Å². The quantitative estimate of drug-likeness (QED) is 0.757. The molecule has 4 nitrogen and oxygen atoms in total. The van der Waals surface area contributed by atoms with Crippen molar-refractivity contribution in [1.82, 2.24) is 10.2 Å². The number of nitrogens with one attached hydrogen (secondary N) is 2. The molecule has 0 spiro atoms. The number of benzene rings is 2. The second kappa shape index (κ2) is 5.06. The lowest BCUT2D eigenvalue weighted by atomic mass is 10.1. The standard InChI is InChI=1S/C16H14N4/c1-11(13-4-2-12(9-17)3-5-13)19-15-7-6-14-10-18-20-16(14)8-15/h2-8,10-11,19H,1H3,(H,18,20). The largest absolute Gasteiger partial charge is 0.378 e. The minimum absolute atomic E-state index is 0.170. The molecule has 3 rings (SSSR count). The van der Waals surface area contributed by atoms with Crippen molar-refractivity contribution in [3.8, 4) is 6.07 Å². The Bertz CT molecular complexity index is 765. The van der Waals surface area contributed by atoms with Gasteiger partial charge in [0, 0.05) is 17.1 Å². The normalized spacial score (nSPS) is 12.0. The van der Waals surface area contributed by atoms with Crippen LogP contribution in [-0.2, 0) is 0 Å². The summed E-state index contributed by atoms with van der Waals surface area (Å²) in [6.45, 7) is 2.10. The molecule has 1 atom stereocenters. The van der Waals surface area contributed by atoms with Gasteiger partial charge in [-0.3, -0.25) is 5.10 Å². The van der Waals surface area contributed by atoms with Crippen LogP contribution in [0.25, 0.3) is 10.9 Å². The lowest BCUT2D eigenvalue weighted by molar-refractivity contribution is 0.885. The maximum absolute atomic E-state index is 8.81. The SMILES string of the molecule is CC(Nc1ccc2cn[nH]c2c1)c1ccc(C#N)cc1. The lowest BCUT2D eigenvalue weighted by Crippen LogP contribution is -2.06. The van der Waals surface area contributed by atoms with Crippen LogP contribution in [0.3, 0.4) is 0 Å². The van der Waals surface area contributed by atoms with Crippen molar-refractivity contribution in [2.24, 2.45) is 0 Å². The van der Waals surface area contributed by atoms with Gasteiger partial charge in [0.2, 0.25) is 0 Å². The Labute approximate surface area is 117 Å². The fourth-order valence-corrected chi connectivity index (χ4v) is 2.21. The number of aromatic nitrogens is 2. The van der Waals surface area contributed by atoms with Crippen LogP contribution >= 0.6 is 0 Å². The van der Waals surface area contributed by atoms with E-state index in [9.17, 15) is 0 Å². The summed E-state index contributed by atoms with van der Waals surface area (Å²) in [5.41, 5.74) is 3.88. The summed E-state index contributed by atoms with van der Waals surface area (Å²) in [6, 6.07) is 16.0. The minimum atomic E-state index is 0.170. The van der Waals surface area contributed by atoms with E-state index in [4.69, 9.17) is 5.26 Å². The third kappa shape index (κ3) is 2.34. The summed E-state index contributed by atoms with van der Waals surface area (Å²) in [7, 11) is 0. The number of anilines is 1. The number of nitrogens with zero attached hydrogens (tertiary/aromatic N) is 2. The number of hydrogen-bond acceptors (Lipinski definition) is 3. The van der Waals surface area contributed by atoms with Crippen LogP contribution in [0.1, 0.15) is 24.1 Å². The van der Waals surface area contributed by atoms with E-state index in [1.54, 1.807) is 0 Å². The molecule has 0 fully saturated rings. The number of hydrogen-bond donors (Lipinski definition) is 2. The highest BCUT2D eigenvalue weighted by Gasteiger charge is 2.06. The van der Waals surface area contributed by atoms with Crippen LogP contribution in [0, 0.1) is 11.3 Å². The van der Waals surface area contributed by atoms with Crippen molar-refractivity contribution in [3.05, 3.63) is 59.8 Å². The fraction of sp³-hybridized carbons (Fsp3) is 0.125. The summed E-state index contributed by atoms with van der Waals surface area (Å²) in [5.74, 6) is 0. The smallest absolute Gasteiger partial charge is 0.0991 e. The van der Waals surface area contributed by atoms with E-state index in [0.29, 0.717) is 5.56 Å². The third-order valence-corrected chi connectivity index (χ3v) is 3.36. The maximum atomic E-state index is 8.81. The Morgan fingerprint density at radius 2 is 2.00 bits per heavy atom. The molecular formula is C16H14N4. The first-order valence-corrected chi connectivity index (χ1v) is 6.46. The van der Waals surface area contributed by atoms with E-state index < -0.39 is 0 Å². The first kappa shape index (κ1) is 12.2. The molecule has 0 aliphatic rings. The summed E-state index contributed by atoms with van der Waals surface area (Å²) in [4.78, 5) is 0. The number of rotatable bonds is 3. The van der Waals surface area contributed by atoms with Gasteiger partial charge in [0.1, 0.15) is 0 Å². The molecule has 1 unspecified atom stereocenters. The molecule has 1 heterocycles. The first-order valence-electron chi connectivity index (χ1n) is 6.46. The third-order valence-electron chi connectivity index (χ3n) is 3.36. The van der Waals surface area contributed by atoms with Crippen molar-refractivity contribution in [1.29, 1.82) is 5.26 Å². The summed E-state index contributed by atoms with van der Waals surface area (Å²) < 4.78 is 0. The first-order chi connectivity index (χ1) is 9.76. The van der Waals surface area contributed by atoms with Gasteiger partial charge in [-0.1, -0.05) is 12.1 Å². The fourth-order valence-electron chi connectivity index (χ4n) is 2.21. The second-order valence-electron chi connectivity index (χ2n) is 4.77. The molecule has 3 aromatic rings. The maximum Gasteiger partial charge on any atom is 0.0991 e. The Hall–Kier alpha value is -2.80. The summed E-state index contributed by atoms with van der Waals surface area (Å²) >= 11 is 0. The molecular weight excluding hydrogens is 248 g/mol. The summed E-state index contributed by atoms with van der Waals surface area (Å²) in [5, 5.41) is 20.3. The van der Waals surface area contributed by atoms with Gasteiger partial charge in [-0.05, 0) is 42.8 Å². The highest BCUT2D eigenvalue weighted by Crippen LogP contribution is 2.22. The molecule has 0 amide bonds. The lowest BCUT2D eigenvalue weighted by Gasteiger charge is -2.15. The molecule has 98 valence electrons. The van der Waals surface area contributed by atoms with Crippen LogP contribution in [0.5, 0.6) is 0 Å². The zero-order valence-electron chi connectivity index (χ0n) is 11.1. The van der Waals surface area contributed by atoms with E-state index in [1.807, 2.05) is 48.7 Å². The van der Waals surface area contributed by atoms with Crippen molar-refractivity contribution >= 4 is 16.6 Å². The Kier molecular flexibility index (Phi) is 3.10. The molecule has 2 N–H and O–H groups in total. The zero-order valence-corrected chi connectivity index (χ0v) is 11.1. The molecule has 0 aliphatic heterocycles. The van der Waals surface area contributed by atoms with Gasteiger partial charge in [0.05, 0.1) is 23.3 Å². The van der Waals surface area contributed by atoms with Gasteiger partial charge in [-0.15, -0.1) is 0 Å². The molecule has 20 heavy (non-hydrogen) atoms. The van der Waals surface area contributed by atoms with E-state index in [2.05, 4.69) is 28.5 Å². The van der Waals surface area contributed by atoms with Crippen LogP contribution in [0.2, 0.25) is 0 Å². The Morgan fingerprint density at radius 1 is 1.20 bits per heavy atom. The van der Waals surface area contributed by atoms with Gasteiger partial charge in [-0.25, -0.2) is 0 Å². The van der Waals surface area contributed by atoms with Crippen molar-refractivity contribution in [2.75, 3.05) is 5.32 Å². The van der Waals surface area contributed by atoms with E-state index in [1.165, 1.54) is 0 Å². The molecule has 0 saturated carbocycles.